The van der Waals surface area contributed by atoms with Crippen molar-refractivity contribution in [3.8, 4) is 0 Å². The molecule has 27 heavy (non-hydrogen) atoms. The summed E-state index contributed by atoms with van der Waals surface area (Å²) >= 11 is 0. The van der Waals surface area contributed by atoms with Crippen molar-refractivity contribution in [1.82, 2.24) is 4.90 Å². The smallest absolute Gasteiger partial charge is 0.282 e. The first kappa shape index (κ1) is 17.5. The van der Waals surface area contributed by atoms with E-state index in [1.165, 1.54) is 4.90 Å². The lowest BCUT2D eigenvalue weighted by atomic mass is 9.98. The summed E-state index contributed by atoms with van der Waals surface area (Å²) in [6.45, 7) is 5.82. The molecule has 1 saturated heterocycles. The van der Waals surface area contributed by atoms with Gasteiger partial charge in [0, 0.05) is 13.1 Å². The second-order valence-corrected chi connectivity index (χ2v) is 7.56. The molecule has 0 bridgehead atoms. The van der Waals surface area contributed by atoms with Crippen LogP contribution in [0.5, 0.6) is 0 Å². The molecule has 0 aromatic heterocycles. The van der Waals surface area contributed by atoms with E-state index in [1.54, 1.807) is 0 Å². The number of hydrogen-bond donors (Lipinski definition) is 0. The number of anilines is 1. The van der Waals surface area contributed by atoms with Gasteiger partial charge < -0.3 is 4.90 Å². The Morgan fingerprint density at radius 3 is 2.30 bits per heavy atom. The molecule has 0 saturated carbocycles. The van der Waals surface area contributed by atoms with Crippen molar-refractivity contribution >= 4 is 23.1 Å². The summed E-state index contributed by atoms with van der Waals surface area (Å²) in [5, 5.41) is 0. The van der Waals surface area contributed by atoms with Crippen LogP contribution in [0, 0.1) is 12.8 Å². The van der Waals surface area contributed by atoms with Gasteiger partial charge in [-0.1, -0.05) is 55.0 Å². The first-order chi connectivity index (χ1) is 13.1. The average Bonchev–Trinajstić information content (AvgIpc) is 2.94. The van der Waals surface area contributed by atoms with Crippen LogP contribution in [0.3, 0.4) is 0 Å². The topological polar surface area (TPSA) is 40.6 Å². The Kier molecular flexibility index (Phi) is 4.56. The number of likely N-dealkylation sites (tertiary alicyclic amines) is 1. The molecule has 2 aliphatic rings. The highest BCUT2D eigenvalue weighted by Gasteiger charge is 2.42. The fourth-order valence-corrected chi connectivity index (χ4v) is 4.00. The highest BCUT2D eigenvalue weighted by atomic mass is 16.2. The Morgan fingerprint density at radius 1 is 0.926 bits per heavy atom. The minimum Gasteiger partial charge on any atom is -0.366 e. The summed E-state index contributed by atoms with van der Waals surface area (Å²) in [5.74, 6) is 0.0692. The summed E-state index contributed by atoms with van der Waals surface area (Å²) in [6, 6.07) is 17.1. The molecule has 1 unspecified atom stereocenters. The van der Waals surface area contributed by atoms with E-state index in [4.69, 9.17) is 0 Å². The largest absolute Gasteiger partial charge is 0.366 e. The summed E-state index contributed by atoms with van der Waals surface area (Å²) in [5.41, 5.74) is 3.61. The molecular formula is C23H24N2O2. The lowest BCUT2D eigenvalue weighted by molar-refractivity contribution is -0.120. The summed E-state index contributed by atoms with van der Waals surface area (Å²) in [6.07, 6.45) is 2.20. The van der Waals surface area contributed by atoms with Gasteiger partial charge in [0.1, 0.15) is 5.70 Å². The Balaban J connectivity index is 1.81. The van der Waals surface area contributed by atoms with E-state index in [0.29, 0.717) is 22.9 Å². The van der Waals surface area contributed by atoms with Crippen molar-refractivity contribution in [3.63, 3.8) is 0 Å². The van der Waals surface area contributed by atoms with Crippen LogP contribution in [0.4, 0.5) is 5.69 Å². The van der Waals surface area contributed by atoms with Gasteiger partial charge in [0.2, 0.25) is 0 Å². The standard InChI is InChI=1S/C23H24N2O2/c1-16-10-12-19(13-11-16)25-22(26)20(18-8-4-3-5-9-18)21(23(25)27)24-14-6-7-17(2)15-24/h3-5,8-13,17H,6-7,14-15H2,1-2H3. The zero-order valence-electron chi connectivity index (χ0n) is 15.8. The number of carbonyl (C=O) groups excluding carboxylic acids is 2. The first-order valence-electron chi connectivity index (χ1n) is 9.56. The predicted octanol–water partition coefficient (Wildman–Crippen LogP) is 4.01. The van der Waals surface area contributed by atoms with Gasteiger partial charge in [-0.15, -0.1) is 0 Å². The van der Waals surface area contributed by atoms with Crippen LogP contribution in [-0.2, 0) is 9.59 Å². The van der Waals surface area contributed by atoms with Gasteiger partial charge in [-0.2, -0.15) is 0 Å². The van der Waals surface area contributed by atoms with Crippen LogP contribution in [0.2, 0.25) is 0 Å². The third kappa shape index (κ3) is 3.16. The average molecular weight is 360 g/mol. The Hall–Kier alpha value is -2.88. The van der Waals surface area contributed by atoms with Crippen molar-refractivity contribution in [3.05, 3.63) is 71.4 Å². The molecule has 2 aliphatic heterocycles. The van der Waals surface area contributed by atoms with E-state index in [9.17, 15) is 9.59 Å². The second-order valence-electron chi connectivity index (χ2n) is 7.56. The fourth-order valence-electron chi connectivity index (χ4n) is 4.00. The van der Waals surface area contributed by atoms with Gasteiger partial charge in [0.25, 0.3) is 11.8 Å². The molecule has 1 atom stereocenters. The number of amides is 2. The van der Waals surface area contributed by atoms with Crippen LogP contribution in [-0.4, -0.2) is 29.8 Å². The predicted molar refractivity (Wildman–Crippen MR) is 107 cm³/mol. The van der Waals surface area contributed by atoms with Gasteiger partial charge in [-0.05, 0) is 43.4 Å². The third-order valence-electron chi connectivity index (χ3n) is 5.39. The molecule has 138 valence electrons. The van der Waals surface area contributed by atoms with Gasteiger partial charge >= 0.3 is 0 Å². The molecule has 4 heteroatoms. The molecule has 4 nitrogen and oxygen atoms in total. The first-order valence-corrected chi connectivity index (χ1v) is 9.56. The molecule has 2 heterocycles. The maximum absolute atomic E-state index is 13.4. The summed E-state index contributed by atoms with van der Waals surface area (Å²) in [7, 11) is 0. The molecular weight excluding hydrogens is 336 g/mol. The number of benzene rings is 2. The number of hydrogen-bond acceptors (Lipinski definition) is 3. The molecule has 2 aromatic rings. The number of rotatable bonds is 3. The maximum Gasteiger partial charge on any atom is 0.282 e. The van der Waals surface area contributed by atoms with E-state index in [-0.39, 0.29) is 11.8 Å². The summed E-state index contributed by atoms with van der Waals surface area (Å²) in [4.78, 5) is 30.2. The van der Waals surface area contributed by atoms with E-state index in [2.05, 4.69) is 11.8 Å². The fraction of sp³-hybridized carbons (Fsp3) is 0.304. The van der Waals surface area contributed by atoms with Crippen molar-refractivity contribution in [2.45, 2.75) is 26.7 Å². The number of piperidine rings is 1. The van der Waals surface area contributed by atoms with Crippen molar-refractivity contribution in [2.75, 3.05) is 18.0 Å². The minimum absolute atomic E-state index is 0.211. The van der Waals surface area contributed by atoms with E-state index < -0.39 is 0 Å². The van der Waals surface area contributed by atoms with Crippen LogP contribution >= 0.6 is 0 Å². The highest BCUT2D eigenvalue weighted by Crippen LogP contribution is 2.36. The highest BCUT2D eigenvalue weighted by molar-refractivity contribution is 6.45. The third-order valence-corrected chi connectivity index (χ3v) is 5.39. The van der Waals surface area contributed by atoms with Crippen LogP contribution in [0.25, 0.3) is 5.57 Å². The number of carbonyl (C=O) groups is 2. The molecule has 1 fully saturated rings. The van der Waals surface area contributed by atoms with E-state index in [1.807, 2.05) is 61.5 Å². The zero-order chi connectivity index (χ0) is 19.0. The molecule has 0 radical (unpaired) electrons. The molecule has 2 aromatic carbocycles. The van der Waals surface area contributed by atoms with E-state index >= 15 is 0 Å². The lowest BCUT2D eigenvalue weighted by Crippen LogP contribution is -2.39. The lowest BCUT2D eigenvalue weighted by Gasteiger charge is -2.33. The monoisotopic (exact) mass is 360 g/mol. The number of imide groups is 1. The molecule has 0 spiro atoms. The van der Waals surface area contributed by atoms with Gasteiger partial charge in [0.05, 0.1) is 11.3 Å². The van der Waals surface area contributed by atoms with Crippen molar-refractivity contribution in [1.29, 1.82) is 0 Å². The molecule has 2 amide bonds. The Morgan fingerprint density at radius 2 is 1.63 bits per heavy atom. The second kappa shape index (κ2) is 7.03. The molecule has 4 rings (SSSR count). The van der Waals surface area contributed by atoms with Crippen molar-refractivity contribution in [2.24, 2.45) is 5.92 Å². The van der Waals surface area contributed by atoms with Crippen LogP contribution < -0.4 is 4.90 Å². The number of nitrogens with zero attached hydrogens (tertiary/aromatic N) is 2. The van der Waals surface area contributed by atoms with Crippen LogP contribution in [0.15, 0.2) is 60.3 Å². The zero-order valence-corrected chi connectivity index (χ0v) is 15.8. The van der Waals surface area contributed by atoms with Gasteiger partial charge in [0.15, 0.2) is 0 Å². The van der Waals surface area contributed by atoms with Gasteiger partial charge in [-0.3, -0.25) is 9.59 Å². The normalized spacial score (nSPS) is 20.6. The van der Waals surface area contributed by atoms with E-state index in [0.717, 1.165) is 37.1 Å². The Labute approximate surface area is 160 Å². The quantitative estimate of drug-likeness (QED) is 0.777. The van der Waals surface area contributed by atoms with Crippen molar-refractivity contribution < 1.29 is 9.59 Å². The van der Waals surface area contributed by atoms with Gasteiger partial charge in [-0.25, -0.2) is 4.90 Å². The minimum atomic E-state index is -0.233. The summed E-state index contributed by atoms with van der Waals surface area (Å²) < 4.78 is 0. The Bertz CT molecular complexity index is 900. The molecule has 0 N–H and O–H groups in total. The molecule has 0 aliphatic carbocycles. The van der Waals surface area contributed by atoms with Crippen LogP contribution in [0.1, 0.15) is 30.9 Å². The SMILES string of the molecule is Cc1ccc(N2C(=O)C(c3ccccc3)=C(N3CCCC(C)C3)C2=O)cc1. The maximum atomic E-state index is 13.4. The number of aryl methyl sites for hydroxylation is 1.